The average Bonchev–Trinajstić information content (AvgIpc) is 3.22. The fourth-order valence-corrected chi connectivity index (χ4v) is 3.99. The van der Waals surface area contributed by atoms with Crippen molar-refractivity contribution in [1.82, 2.24) is 15.5 Å². The number of amides is 3. The summed E-state index contributed by atoms with van der Waals surface area (Å²) in [4.78, 5) is 51.5. The van der Waals surface area contributed by atoms with E-state index in [1.165, 1.54) is 4.90 Å². The Hall–Kier alpha value is -1.81. The minimum absolute atomic E-state index is 0.0302. The first-order valence-corrected chi connectivity index (χ1v) is 12.3. The highest BCUT2D eigenvalue weighted by atomic mass is 32.2. The minimum Gasteiger partial charge on any atom is -0.480 e. The van der Waals surface area contributed by atoms with Crippen LogP contribution in [0.25, 0.3) is 0 Å². The Labute approximate surface area is 189 Å². The minimum atomic E-state index is -1.04. The quantitative estimate of drug-likeness (QED) is 0.339. The van der Waals surface area contributed by atoms with E-state index < -0.39 is 47.9 Å². The molecule has 178 valence electrons. The third kappa shape index (κ3) is 7.68. The predicted molar refractivity (Wildman–Crippen MR) is 121 cm³/mol. The van der Waals surface area contributed by atoms with E-state index in [1.54, 1.807) is 25.6 Å². The van der Waals surface area contributed by atoms with E-state index in [9.17, 15) is 24.3 Å². The first kappa shape index (κ1) is 27.2. The molecule has 10 heteroatoms. The second-order valence-corrected chi connectivity index (χ2v) is 9.50. The van der Waals surface area contributed by atoms with Gasteiger partial charge in [0.05, 0.1) is 6.04 Å². The van der Waals surface area contributed by atoms with Crippen molar-refractivity contribution in [2.24, 2.45) is 17.6 Å². The lowest BCUT2D eigenvalue weighted by Gasteiger charge is -2.31. The van der Waals surface area contributed by atoms with Crippen LogP contribution in [0.5, 0.6) is 0 Å². The molecule has 31 heavy (non-hydrogen) atoms. The van der Waals surface area contributed by atoms with E-state index in [0.717, 1.165) is 6.42 Å². The summed E-state index contributed by atoms with van der Waals surface area (Å²) in [6.45, 7) is 7.76. The van der Waals surface area contributed by atoms with Crippen LogP contribution < -0.4 is 16.4 Å². The number of hydrogen-bond donors (Lipinski definition) is 4. The van der Waals surface area contributed by atoms with Crippen molar-refractivity contribution in [3.8, 4) is 0 Å². The fourth-order valence-electron chi connectivity index (χ4n) is 3.52. The number of nitrogens with zero attached hydrogens (tertiary/aromatic N) is 1. The fraction of sp³-hybridized carbons (Fsp3) is 0.810. The molecule has 0 aromatic carbocycles. The first-order chi connectivity index (χ1) is 14.5. The molecule has 0 aliphatic carbocycles. The summed E-state index contributed by atoms with van der Waals surface area (Å²) in [6, 6.07) is -3.29. The van der Waals surface area contributed by atoms with Gasteiger partial charge in [-0.2, -0.15) is 11.8 Å². The van der Waals surface area contributed by atoms with Gasteiger partial charge in [0, 0.05) is 6.54 Å². The molecule has 5 atom stereocenters. The van der Waals surface area contributed by atoms with Crippen LogP contribution in [0.15, 0.2) is 0 Å². The van der Waals surface area contributed by atoms with E-state index in [2.05, 4.69) is 10.6 Å². The van der Waals surface area contributed by atoms with Gasteiger partial charge in [0.25, 0.3) is 0 Å². The van der Waals surface area contributed by atoms with Crippen LogP contribution in [0, 0.1) is 11.8 Å². The molecule has 1 fully saturated rings. The second kappa shape index (κ2) is 12.9. The van der Waals surface area contributed by atoms with Crippen LogP contribution >= 0.6 is 11.8 Å². The Morgan fingerprint density at radius 2 is 1.81 bits per heavy atom. The molecule has 1 aliphatic rings. The van der Waals surface area contributed by atoms with Crippen molar-refractivity contribution in [1.29, 1.82) is 0 Å². The highest BCUT2D eigenvalue weighted by Crippen LogP contribution is 2.20. The van der Waals surface area contributed by atoms with Gasteiger partial charge in [-0.05, 0) is 43.1 Å². The molecule has 3 amide bonds. The Morgan fingerprint density at radius 1 is 1.16 bits per heavy atom. The van der Waals surface area contributed by atoms with Gasteiger partial charge in [0.15, 0.2) is 0 Å². The van der Waals surface area contributed by atoms with E-state index in [1.807, 2.05) is 20.1 Å². The number of nitrogens with one attached hydrogen (secondary N) is 2. The van der Waals surface area contributed by atoms with E-state index in [-0.39, 0.29) is 11.8 Å². The Kier molecular flexibility index (Phi) is 11.3. The lowest BCUT2D eigenvalue weighted by Crippen LogP contribution is -2.59. The number of carboxylic acids is 1. The number of thioether (sulfide) groups is 1. The van der Waals surface area contributed by atoms with E-state index >= 15 is 0 Å². The summed E-state index contributed by atoms with van der Waals surface area (Å²) >= 11 is 1.55. The van der Waals surface area contributed by atoms with Gasteiger partial charge < -0.3 is 26.4 Å². The van der Waals surface area contributed by atoms with E-state index in [0.29, 0.717) is 31.6 Å². The molecule has 0 aromatic rings. The Balaban J connectivity index is 2.94. The van der Waals surface area contributed by atoms with Gasteiger partial charge in [0.1, 0.15) is 18.1 Å². The van der Waals surface area contributed by atoms with Crippen molar-refractivity contribution >= 4 is 35.5 Å². The maximum Gasteiger partial charge on any atom is 0.326 e. The Bertz CT molecular complexity index is 645. The summed E-state index contributed by atoms with van der Waals surface area (Å²) in [5.74, 6) is -1.93. The lowest BCUT2D eigenvalue weighted by molar-refractivity contribution is -0.150. The summed E-state index contributed by atoms with van der Waals surface area (Å²) in [5.41, 5.74) is 6.01. The standard InChI is InChI=1S/C21H38N4O5S/c1-6-13(4)16(22)19(27)23-14(9-11-31-5)18(26)24-17(12(2)3)20(28)25-10-7-8-15(25)21(29)30/h12-17H,6-11,22H2,1-5H3,(H,23,27)(H,24,26)(H,29,30). The van der Waals surface area contributed by atoms with Gasteiger partial charge in [-0.3, -0.25) is 14.4 Å². The van der Waals surface area contributed by atoms with Crippen LogP contribution in [0.4, 0.5) is 0 Å². The monoisotopic (exact) mass is 458 g/mol. The maximum atomic E-state index is 13.1. The van der Waals surface area contributed by atoms with Gasteiger partial charge in [-0.15, -0.1) is 0 Å². The lowest BCUT2D eigenvalue weighted by atomic mass is 9.98. The number of rotatable bonds is 12. The van der Waals surface area contributed by atoms with Gasteiger partial charge in [-0.1, -0.05) is 34.1 Å². The highest BCUT2D eigenvalue weighted by molar-refractivity contribution is 7.98. The summed E-state index contributed by atoms with van der Waals surface area (Å²) < 4.78 is 0. The zero-order valence-corrected chi connectivity index (χ0v) is 20.0. The van der Waals surface area contributed by atoms with Crippen LogP contribution in [0.3, 0.4) is 0 Å². The molecule has 0 bridgehead atoms. The van der Waals surface area contributed by atoms with Crippen LogP contribution in [0.1, 0.15) is 53.4 Å². The SMILES string of the molecule is CCC(C)C(N)C(=O)NC(CCSC)C(=O)NC(C(=O)N1CCCC1C(=O)O)C(C)C. The molecule has 9 nitrogen and oxygen atoms in total. The Morgan fingerprint density at radius 3 is 2.32 bits per heavy atom. The third-order valence-corrected chi connectivity index (χ3v) is 6.50. The summed E-state index contributed by atoms with van der Waals surface area (Å²) in [5, 5.41) is 14.9. The number of carbonyl (C=O) groups excluding carboxylic acids is 3. The van der Waals surface area contributed by atoms with Crippen molar-refractivity contribution in [2.75, 3.05) is 18.6 Å². The number of likely N-dealkylation sites (tertiary alicyclic amines) is 1. The smallest absolute Gasteiger partial charge is 0.326 e. The molecule has 0 radical (unpaired) electrons. The molecule has 5 unspecified atom stereocenters. The molecule has 1 rings (SSSR count). The van der Waals surface area contributed by atoms with Gasteiger partial charge in [-0.25, -0.2) is 4.79 Å². The number of carbonyl (C=O) groups is 4. The second-order valence-electron chi connectivity index (χ2n) is 8.51. The van der Waals surface area contributed by atoms with Crippen LogP contribution in [0.2, 0.25) is 0 Å². The highest BCUT2D eigenvalue weighted by Gasteiger charge is 2.39. The molecule has 1 heterocycles. The van der Waals surface area contributed by atoms with Crippen molar-refractivity contribution in [3.63, 3.8) is 0 Å². The van der Waals surface area contributed by atoms with E-state index in [4.69, 9.17) is 5.73 Å². The molecule has 5 N–H and O–H groups in total. The molecular formula is C21H38N4O5S. The number of carboxylic acid groups (broad SMARTS) is 1. The molecule has 0 aromatic heterocycles. The topological polar surface area (TPSA) is 142 Å². The summed E-state index contributed by atoms with van der Waals surface area (Å²) in [6.07, 6.45) is 4.05. The molecule has 1 aliphatic heterocycles. The molecule has 1 saturated heterocycles. The van der Waals surface area contributed by atoms with Crippen LogP contribution in [-0.4, -0.2) is 76.4 Å². The molecule has 0 spiro atoms. The van der Waals surface area contributed by atoms with Gasteiger partial charge in [0.2, 0.25) is 17.7 Å². The third-order valence-electron chi connectivity index (χ3n) is 5.85. The van der Waals surface area contributed by atoms with Crippen molar-refractivity contribution < 1.29 is 24.3 Å². The average molecular weight is 459 g/mol. The predicted octanol–water partition coefficient (Wildman–Crippen LogP) is 0.814. The zero-order valence-electron chi connectivity index (χ0n) is 19.2. The normalized spacial score (nSPS) is 20.1. The van der Waals surface area contributed by atoms with Crippen molar-refractivity contribution in [2.45, 2.75) is 77.5 Å². The van der Waals surface area contributed by atoms with Gasteiger partial charge >= 0.3 is 5.97 Å². The largest absolute Gasteiger partial charge is 0.480 e. The van der Waals surface area contributed by atoms with Crippen LogP contribution in [-0.2, 0) is 19.2 Å². The molecule has 0 saturated carbocycles. The summed E-state index contributed by atoms with van der Waals surface area (Å²) in [7, 11) is 0. The maximum absolute atomic E-state index is 13.1. The molecular weight excluding hydrogens is 420 g/mol. The zero-order chi connectivity index (χ0) is 23.7. The number of nitrogens with two attached hydrogens (primary N) is 1. The number of aliphatic carboxylic acids is 1. The van der Waals surface area contributed by atoms with Crippen molar-refractivity contribution in [3.05, 3.63) is 0 Å². The first-order valence-electron chi connectivity index (χ1n) is 10.9. The number of hydrogen-bond acceptors (Lipinski definition) is 6.